The van der Waals surface area contributed by atoms with E-state index in [-0.39, 0.29) is 5.82 Å². The lowest BCUT2D eigenvalue weighted by Gasteiger charge is -2.38. The largest absolute Gasteiger partial charge is 0.307 e. The molecule has 0 spiro atoms. The van der Waals surface area contributed by atoms with Crippen LogP contribution in [0, 0.1) is 5.82 Å². The average molecular weight is 348 g/mol. The van der Waals surface area contributed by atoms with Crippen LogP contribution in [0.15, 0.2) is 53.0 Å². The Morgan fingerprint density at radius 2 is 1.90 bits per heavy atom. The molecule has 0 aromatic heterocycles. The van der Waals surface area contributed by atoms with Gasteiger partial charge in [0, 0.05) is 16.6 Å². The molecule has 3 rings (SSSR count). The normalized spacial score (nSPS) is 22.6. The van der Waals surface area contributed by atoms with Gasteiger partial charge in [0.2, 0.25) is 0 Å². The van der Waals surface area contributed by atoms with Gasteiger partial charge in [0.25, 0.3) is 0 Å². The quantitative estimate of drug-likeness (QED) is 0.802. The summed E-state index contributed by atoms with van der Waals surface area (Å²) in [5, 5.41) is 3.66. The highest BCUT2D eigenvalue weighted by molar-refractivity contribution is 9.10. The molecule has 0 amide bonds. The van der Waals surface area contributed by atoms with Crippen molar-refractivity contribution < 1.29 is 4.39 Å². The first-order chi connectivity index (χ1) is 10.1. The fourth-order valence-corrected chi connectivity index (χ4v) is 3.43. The summed E-state index contributed by atoms with van der Waals surface area (Å²) in [6.45, 7) is 2.19. The SMILES string of the molecule is C[C@@H](NC1CC(c2cccc(F)c2)C1)c1cccc(Br)c1. The van der Waals surface area contributed by atoms with E-state index in [4.69, 9.17) is 0 Å². The molecule has 21 heavy (non-hydrogen) atoms. The number of nitrogens with one attached hydrogen (secondary N) is 1. The van der Waals surface area contributed by atoms with Gasteiger partial charge in [-0.3, -0.25) is 0 Å². The second kappa shape index (κ2) is 6.29. The topological polar surface area (TPSA) is 12.0 Å². The van der Waals surface area contributed by atoms with Crippen LogP contribution < -0.4 is 5.32 Å². The molecular weight excluding hydrogens is 329 g/mol. The molecule has 110 valence electrons. The summed E-state index contributed by atoms with van der Waals surface area (Å²) in [5.41, 5.74) is 2.42. The third kappa shape index (κ3) is 3.53. The van der Waals surface area contributed by atoms with Gasteiger partial charge in [-0.15, -0.1) is 0 Å². The fraction of sp³-hybridized carbons (Fsp3) is 0.333. The van der Waals surface area contributed by atoms with Crippen LogP contribution in [0.25, 0.3) is 0 Å². The molecule has 1 fully saturated rings. The van der Waals surface area contributed by atoms with Gasteiger partial charge in [0.1, 0.15) is 5.82 Å². The van der Waals surface area contributed by atoms with E-state index in [1.54, 1.807) is 12.1 Å². The number of hydrogen-bond acceptors (Lipinski definition) is 1. The number of halogens is 2. The molecule has 3 heteroatoms. The average Bonchev–Trinajstić information content (AvgIpc) is 2.42. The van der Waals surface area contributed by atoms with Crippen molar-refractivity contribution in [3.63, 3.8) is 0 Å². The van der Waals surface area contributed by atoms with Crippen molar-refractivity contribution in [3.05, 3.63) is 69.9 Å². The number of benzene rings is 2. The molecule has 0 radical (unpaired) electrons. The maximum Gasteiger partial charge on any atom is 0.123 e. The molecule has 1 N–H and O–H groups in total. The van der Waals surface area contributed by atoms with Crippen LogP contribution in [0.3, 0.4) is 0 Å². The van der Waals surface area contributed by atoms with E-state index in [2.05, 4.69) is 46.4 Å². The van der Waals surface area contributed by atoms with Crippen LogP contribution in [0.1, 0.15) is 42.9 Å². The standard InChI is InChI=1S/C18H19BrFN/c1-12(13-4-2-6-16(19)8-13)21-18-10-15(11-18)14-5-3-7-17(20)9-14/h2-9,12,15,18,21H,10-11H2,1H3/t12-,15?,18?/m1/s1. The zero-order chi connectivity index (χ0) is 14.8. The Kier molecular flexibility index (Phi) is 4.41. The zero-order valence-corrected chi connectivity index (χ0v) is 13.6. The predicted octanol–water partition coefficient (Wildman–Crippen LogP) is 5.19. The highest BCUT2D eigenvalue weighted by Crippen LogP contribution is 2.38. The Hall–Kier alpha value is -1.19. The summed E-state index contributed by atoms with van der Waals surface area (Å²) in [4.78, 5) is 0. The van der Waals surface area contributed by atoms with Gasteiger partial charge in [-0.25, -0.2) is 4.39 Å². The Balaban J connectivity index is 1.55. The van der Waals surface area contributed by atoms with Crippen LogP contribution in [-0.2, 0) is 0 Å². The summed E-state index contributed by atoms with van der Waals surface area (Å²) in [5.74, 6) is 0.360. The van der Waals surface area contributed by atoms with Crippen molar-refractivity contribution in [1.82, 2.24) is 5.32 Å². The molecule has 1 nitrogen and oxygen atoms in total. The summed E-state index contributed by atoms with van der Waals surface area (Å²) >= 11 is 3.51. The predicted molar refractivity (Wildman–Crippen MR) is 87.9 cm³/mol. The van der Waals surface area contributed by atoms with Gasteiger partial charge in [-0.2, -0.15) is 0 Å². The number of hydrogen-bond donors (Lipinski definition) is 1. The van der Waals surface area contributed by atoms with Crippen molar-refractivity contribution >= 4 is 15.9 Å². The molecule has 0 heterocycles. The van der Waals surface area contributed by atoms with Crippen molar-refractivity contribution in [2.24, 2.45) is 0 Å². The van der Waals surface area contributed by atoms with E-state index in [1.165, 1.54) is 11.6 Å². The number of rotatable bonds is 4. The minimum absolute atomic E-state index is 0.133. The molecular formula is C18H19BrFN. The molecule has 1 saturated carbocycles. The summed E-state index contributed by atoms with van der Waals surface area (Å²) in [6, 6.07) is 16.3. The van der Waals surface area contributed by atoms with Gasteiger partial charge < -0.3 is 5.32 Å². The lowest BCUT2D eigenvalue weighted by molar-refractivity contribution is 0.270. The molecule has 1 aliphatic rings. The third-order valence-electron chi connectivity index (χ3n) is 4.29. The molecule has 2 aromatic rings. The summed E-state index contributed by atoms with van der Waals surface area (Å²) in [7, 11) is 0. The van der Waals surface area contributed by atoms with Crippen LogP contribution in [0.5, 0.6) is 0 Å². The fourth-order valence-electron chi connectivity index (χ4n) is 3.01. The smallest absolute Gasteiger partial charge is 0.123 e. The van der Waals surface area contributed by atoms with Crippen LogP contribution in [-0.4, -0.2) is 6.04 Å². The van der Waals surface area contributed by atoms with E-state index in [0.717, 1.165) is 22.9 Å². The Morgan fingerprint density at radius 3 is 2.62 bits per heavy atom. The first kappa shape index (κ1) is 14.7. The monoisotopic (exact) mass is 347 g/mol. The molecule has 0 saturated heterocycles. The van der Waals surface area contributed by atoms with E-state index >= 15 is 0 Å². The van der Waals surface area contributed by atoms with Crippen molar-refractivity contribution in [2.45, 2.75) is 37.8 Å². The zero-order valence-electron chi connectivity index (χ0n) is 12.0. The Morgan fingerprint density at radius 1 is 1.14 bits per heavy atom. The molecule has 0 aliphatic heterocycles. The Labute approximate surface area is 133 Å². The maximum absolute atomic E-state index is 13.2. The van der Waals surface area contributed by atoms with Gasteiger partial charge in [-0.1, -0.05) is 40.2 Å². The van der Waals surface area contributed by atoms with E-state index < -0.39 is 0 Å². The van der Waals surface area contributed by atoms with Gasteiger partial charge in [0.15, 0.2) is 0 Å². The molecule has 1 aliphatic carbocycles. The molecule has 2 aromatic carbocycles. The van der Waals surface area contributed by atoms with Gasteiger partial charge >= 0.3 is 0 Å². The van der Waals surface area contributed by atoms with Crippen LogP contribution in [0.2, 0.25) is 0 Å². The van der Waals surface area contributed by atoms with Gasteiger partial charge in [0.05, 0.1) is 0 Å². The van der Waals surface area contributed by atoms with Crippen molar-refractivity contribution in [3.8, 4) is 0 Å². The van der Waals surface area contributed by atoms with Gasteiger partial charge in [-0.05, 0) is 61.1 Å². The lowest BCUT2D eigenvalue weighted by Crippen LogP contribution is -2.41. The van der Waals surface area contributed by atoms with E-state index in [0.29, 0.717) is 18.0 Å². The highest BCUT2D eigenvalue weighted by atomic mass is 79.9. The maximum atomic E-state index is 13.2. The van der Waals surface area contributed by atoms with Crippen LogP contribution >= 0.6 is 15.9 Å². The van der Waals surface area contributed by atoms with Crippen molar-refractivity contribution in [2.75, 3.05) is 0 Å². The second-order valence-electron chi connectivity index (χ2n) is 5.86. The second-order valence-corrected chi connectivity index (χ2v) is 6.78. The third-order valence-corrected chi connectivity index (χ3v) is 4.79. The summed E-state index contributed by atoms with van der Waals surface area (Å²) in [6.07, 6.45) is 2.17. The molecule has 1 atom stereocenters. The molecule has 0 unspecified atom stereocenters. The highest BCUT2D eigenvalue weighted by Gasteiger charge is 2.31. The Bertz CT molecular complexity index is 622. The van der Waals surface area contributed by atoms with E-state index in [9.17, 15) is 4.39 Å². The first-order valence-corrected chi connectivity index (χ1v) is 8.18. The molecule has 0 bridgehead atoms. The lowest BCUT2D eigenvalue weighted by atomic mass is 9.75. The van der Waals surface area contributed by atoms with Crippen molar-refractivity contribution in [1.29, 1.82) is 0 Å². The minimum atomic E-state index is -0.133. The summed E-state index contributed by atoms with van der Waals surface area (Å²) < 4.78 is 14.3. The first-order valence-electron chi connectivity index (χ1n) is 7.39. The van der Waals surface area contributed by atoms with E-state index in [1.807, 2.05) is 12.1 Å². The minimum Gasteiger partial charge on any atom is -0.307 e. The van der Waals surface area contributed by atoms with Crippen LogP contribution in [0.4, 0.5) is 4.39 Å².